The van der Waals surface area contributed by atoms with Gasteiger partial charge in [0.05, 0.1) is 0 Å². The van der Waals surface area contributed by atoms with Crippen LogP contribution >= 0.6 is 15.9 Å². The molecule has 2 nitrogen and oxygen atoms in total. The van der Waals surface area contributed by atoms with E-state index >= 15 is 0 Å². The topological polar surface area (TPSA) is 15.3 Å². The summed E-state index contributed by atoms with van der Waals surface area (Å²) in [6, 6.07) is 5.23. The highest BCUT2D eigenvalue weighted by Gasteiger charge is 2.20. The Balaban J connectivity index is 2.62. The van der Waals surface area contributed by atoms with E-state index in [9.17, 15) is 4.39 Å². The molecule has 0 aliphatic rings. The third kappa shape index (κ3) is 5.59. The van der Waals surface area contributed by atoms with Gasteiger partial charge in [-0.15, -0.1) is 0 Å². The number of benzene rings is 1. The van der Waals surface area contributed by atoms with Crippen LogP contribution in [0.4, 0.5) is 4.39 Å². The molecule has 0 amide bonds. The predicted octanol–water partition coefficient (Wildman–Crippen LogP) is 3.83. The second-order valence-corrected chi connectivity index (χ2v) is 7.09. The Morgan fingerprint density at radius 3 is 2.53 bits per heavy atom. The van der Waals surface area contributed by atoms with Gasteiger partial charge in [-0.05, 0) is 38.6 Å². The van der Waals surface area contributed by atoms with Crippen molar-refractivity contribution in [3.8, 4) is 0 Å². The van der Waals surface area contributed by atoms with Gasteiger partial charge in [0.2, 0.25) is 0 Å². The highest BCUT2D eigenvalue weighted by molar-refractivity contribution is 9.10. The predicted molar refractivity (Wildman–Crippen MR) is 82.9 cm³/mol. The largest absolute Gasteiger partial charge is 0.310 e. The van der Waals surface area contributed by atoms with Crippen molar-refractivity contribution in [2.45, 2.75) is 26.8 Å². The maximum atomic E-state index is 13.9. The molecule has 1 rings (SSSR count). The first-order chi connectivity index (χ1) is 8.71. The number of hydrogen-bond acceptors (Lipinski definition) is 2. The van der Waals surface area contributed by atoms with Gasteiger partial charge in [-0.3, -0.25) is 0 Å². The summed E-state index contributed by atoms with van der Waals surface area (Å²) in [6.45, 7) is 8.27. The fourth-order valence-corrected chi connectivity index (χ4v) is 2.64. The van der Waals surface area contributed by atoms with Crippen LogP contribution < -0.4 is 5.32 Å². The number of rotatable bonds is 6. The third-order valence-corrected chi connectivity index (χ3v) is 3.55. The van der Waals surface area contributed by atoms with Crippen LogP contribution in [0.2, 0.25) is 0 Å². The van der Waals surface area contributed by atoms with Gasteiger partial charge >= 0.3 is 0 Å². The highest BCUT2D eigenvalue weighted by Crippen LogP contribution is 2.22. The van der Waals surface area contributed by atoms with E-state index in [1.54, 1.807) is 0 Å². The molecular weight excluding hydrogens is 307 g/mol. The van der Waals surface area contributed by atoms with Crippen molar-refractivity contribution in [3.05, 3.63) is 34.1 Å². The van der Waals surface area contributed by atoms with Crippen molar-refractivity contribution < 1.29 is 4.39 Å². The van der Waals surface area contributed by atoms with E-state index in [4.69, 9.17) is 0 Å². The van der Waals surface area contributed by atoms with Crippen molar-refractivity contribution in [1.82, 2.24) is 10.2 Å². The highest BCUT2D eigenvalue weighted by atomic mass is 79.9. The average Bonchev–Trinajstić information content (AvgIpc) is 2.24. The van der Waals surface area contributed by atoms with E-state index in [0.717, 1.165) is 17.6 Å². The minimum Gasteiger partial charge on any atom is -0.310 e. The van der Waals surface area contributed by atoms with Crippen LogP contribution in [0.25, 0.3) is 0 Å². The molecule has 0 saturated carbocycles. The normalized spacial score (nSPS) is 13.9. The molecule has 108 valence electrons. The first-order valence-corrected chi connectivity index (χ1v) is 7.34. The lowest BCUT2D eigenvalue weighted by molar-refractivity contribution is 0.226. The van der Waals surface area contributed by atoms with Gasteiger partial charge in [-0.25, -0.2) is 4.39 Å². The zero-order chi connectivity index (χ0) is 14.6. The van der Waals surface area contributed by atoms with Crippen LogP contribution in [0, 0.1) is 11.2 Å². The third-order valence-electron chi connectivity index (χ3n) is 3.06. The minimum atomic E-state index is -0.167. The molecule has 0 bridgehead atoms. The smallest absolute Gasteiger partial charge is 0.129 e. The molecule has 0 fully saturated rings. The van der Waals surface area contributed by atoms with E-state index in [2.05, 4.69) is 54.1 Å². The average molecular weight is 331 g/mol. The maximum Gasteiger partial charge on any atom is 0.129 e. The van der Waals surface area contributed by atoms with Crippen LogP contribution in [0.15, 0.2) is 22.7 Å². The van der Waals surface area contributed by atoms with Gasteiger partial charge in [-0.2, -0.15) is 0 Å². The molecule has 0 aliphatic heterocycles. The molecule has 4 heteroatoms. The van der Waals surface area contributed by atoms with Crippen molar-refractivity contribution in [1.29, 1.82) is 0 Å². The Kier molecular flexibility index (Phi) is 5.96. The summed E-state index contributed by atoms with van der Waals surface area (Å²) >= 11 is 3.28. The van der Waals surface area contributed by atoms with E-state index in [-0.39, 0.29) is 17.3 Å². The van der Waals surface area contributed by atoms with Crippen LogP contribution in [-0.2, 0) is 0 Å². The molecule has 1 atom stereocenters. The molecule has 0 aromatic heterocycles. The lowest BCUT2D eigenvalue weighted by atomic mass is 9.92. The number of nitrogens with zero attached hydrogens (tertiary/aromatic N) is 1. The van der Waals surface area contributed by atoms with Crippen LogP contribution in [-0.4, -0.2) is 32.1 Å². The van der Waals surface area contributed by atoms with Crippen molar-refractivity contribution in [2.75, 3.05) is 27.2 Å². The standard InChI is InChI=1S/C15H24BrFN2/c1-11(13-7-6-12(16)8-14(13)17)18-9-15(2,3)10-19(4)5/h6-8,11,18H,9-10H2,1-5H3. The first-order valence-electron chi connectivity index (χ1n) is 6.54. The minimum absolute atomic E-state index is 0.00883. The molecule has 0 heterocycles. The van der Waals surface area contributed by atoms with E-state index in [1.807, 2.05) is 19.1 Å². The second kappa shape index (κ2) is 6.82. The summed E-state index contributed by atoms with van der Waals surface area (Å²) in [4.78, 5) is 2.17. The molecule has 1 N–H and O–H groups in total. The summed E-state index contributed by atoms with van der Waals surface area (Å²) in [5.74, 6) is -0.167. The first kappa shape index (κ1) is 16.6. The molecule has 0 spiro atoms. The van der Waals surface area contributed by atoms with Gasteiger partial charge in [0.1, 0.15) is 5.82 Å². The molecule has 0 aliphatic carbocycles. The van der Waals surface area contributed by atoms with Crippen molar-refractivity contribution in [3.63, 3.8) is 0 Å². The second-order valence-electron chi connectivity index (χ2n) is 6.17. The lowest BCUT2D eigenvalue weighted by Gasteiger charge is -2.30. The molecule has 19 heavy (non-hydrogen) atoms. The molecule has 0 saturated heterocycles. The van der Waals surface area contributed by atoms with Crippen molar-refractivity contribution >= 4 is 15.9 Å². The monoisotopic (exact) mass is 330 g/mol. The fourth-order valence-electron chi connectivity index (χ4n) is 2.30. The lowest BCUT2D eigenvalue weighted by Crippen LogP contribution is -2.38. The van der Waals surface area contributed by atoms with Gasteiger partial charge in [0, 0.05) is 29.2 Å². The fraction of sp³-hybridized carbons (Fsp3) is 0.600. The Morgan fingerprint density at radius 1 is 1.37 bits per heavy atom. The van der Waals surface area contributed by atoms with Crippen LogP contribution in [0.5, 0.6) is 0 Å². The molecule has 1 unspecified atom stereocenters. The molecular formula is C15H24BrFN2. The summed E-state index contributed by atoms with van der Waals surface area (Å²) in [7, 11) is 4.14. The molecule has 1 aromatic rings. The van der Waals surface area contributed by atoms with Gasteiger partial charge in [0.25, 0.3) is 0 Å². The van der Waals surface area contributed by atoms with Crippen molar-refractivity contribution in [2.24, 2.45) is 5.41 Å². The number of nitrogens with one attached hydrogen (secondary N) is 1. The zero-order valence-electron chi connectivity index (χ0n) is 12.4. The zero-order valence-corrected chi connectivity index (χ0v) is 14.0. The summed E-state index contributed by atoms with van der Waals surface area (Å²) in [5.41, 5.74) is 0.868. The summed E-state index contributed by atoms with van der Waals surface area (Å²) in [6.07, 6.45) is 0. The van der Waals surface area contributed by atoms with E-state index < -0.39 is 0 Å². The summed E-state index contributed by atoms with van der Waals surface area (Å²) in [5, 5.41) is 3.42. The number of halogens is 2. The Bertz CT molecular complexity index is 419. The Hall–Kier alpha value is -0.450. The van der Waals surface area contributed by atoms with E-state index in [1.165, 1.54) is 6.07 Å². The van der Waals surface area contributed by atoms with E-state index in [0.29, 0.717) is 5.56 Å². The van der Waals surface area contributed by atoms with Crippen LogP contribution in [0.1, 0.15) is 32.4 Å². The van der Waals surface area contributed by atoms with Gasteiger partial charge in [-0.1, -0.05) is 35.8 Å². The molecule has 0 radical (unpaired) electrons. The quantitative estimate of drug-likeness (QED) is 0.852. The Labute approximate surface area is 124 Å². The Morgan fingerprint density at radius 2 is 2.00 bits per heavy atom. The SMILES string of the molecule is CC(NCC(C)(C)CN(C)C)c1ccc(Br)cc1F. The van der Waals surface area contributed by atoms with Gasteiger partial charge in [0.15, 0.2) is 0 Å². The molecule has 1 aromatic carbocycles. The maximum absolute atomic E-state index is 13.9. The summed E-state index contributed by atoms with van der Waals surface area (Å²) < 4.78 is 14.6. The van der Waals surface area contributed by atoms with Gasteiger partial charge < -0.3 is 10.2 Å². The number of hydrogen-bond donors (Lipinski definition) is 1. The van der Waals surface area contributed by atoms with Crippen LogP contribution in [0.3, 0.4) is 0 Å².